The van der Waals surface area contributed by atoms with Crippen LogP contribution in [-0.4, -0.2) is 47.1 Å². The summed E-state index contributed by atoms with van der Waals surface area (Å²) in [5.74, 6) is 0.393. The molecule has 3 heterocycles. The summed E-state index contributed by atoms with van der Waals surface area (Å²) in [6, 6.07) is 4.13. The molecule has 0 unspecified atom stereocenters. The van der Waals surface area contributed by atoms with Crippen LogP contribution in [0.25, 0.3) is 0 Å². The van der Waals surface area contributed by atoms with Gasteiger partial charge in [-0.3, -0.25) is 19.5 Å². The molecule has 0 N–H and O–H groups in total. The van der Waals surface area contributed by atoms with E-state index >= 15 is 0 Å². The molecule has 5 nitrogen and oxygen atoms in total. The van der Waals surface area contributed by atoms with E-state index in [-0.39, 0.29) is 17.2 Å². The third-order valence-corrected chi connectivity index (χ3v) is 6.05. The fraction of sp³-hybridized carbons (Fsp3) is 0.684. The van der Waals surface area contributed by atoms with Crippen molar-refractivity contribution in [2.75, 3.05) is 26.2 Å². The van der Waals surface area contributed by atoms with Gasteiger partial charge in [0.05, 0.1) is 6.61 Å². The van der Waals surface area contributed by atoms with Crippen molar-refractivity contribution >= 4 is 5.91 Å². The summed E-state index contributed by atoms with van der Waals surface area (Å²) in [5, 5.41) is 1.67. The van der Waals surface area contributed by atoms with Gasteiger partial charge in [-0.05, 0) is 55.7 Å². The van der Waals surface area contributed by atoms with Crippen LogP contribution in [0.2, 0.25) is 0 Å². The van der Waals surface area contributed by atoms with Crippen molar-refractivity contribution in [3.63, 3.8) is 0 Å². The molecule has 0 aromatic carbocycles. The van der Waals surface area contributed by atoms with E-state index in [1.807, 2.05) is 18.5 Å². The molecule has 24 heavy (non-hydrogen) atoms. The van der Waals surface area contributed by atoms with Gasteiger partial charge in [0.15, 0.2) is 0 Å². The zero-order valence-electron chi connectivity index (χ0n) is 14.3. The smallest absolute Gasteiger partial charge is 0.249 e. The van der Waals surface area contributed by atoms with E-state index in [0.717, 1.165) is 51.9 Å². The number of pyridine rings is 1. The molecule has 2 atom stereocenters. The Morgan fingerprint density at radius 2 is 2.25 bits per heavy atom. The van der Waals surface area contributed by atoms with E-state index < -0.39 is 0 Å². The lowest BCUT2D eigenvalue weighted by Crippen LogP contribution is -2.45. The van der Waals surface area contributed by atoms with Gasteiger partial charge in [-0.15, -0.1) is 0 Å². The van der Waals surface area contributed by atoms with E-state index in [1.165, 1.54) is 18.4 Å². The number of amides is 1. The predicted molar refractivity (Wildman–Crippen MR) is 90.8 cm³/mol. The summed E-state index contributed by atoms with van der Waals surface area (Å²) in [7, 11) is 0. The number of hydrogen-bond donors (Lipinski definition) is 0. The van der Waals surface area contributed by atoms with Gasteiger partial charge in [0, 0.05) is 37.9 Å². The number of carbonyl (C=O) groups excluding carboxylic acids is 1. The maximum Gasteiger partial charge on any atom is 0.249 e. The second kappa shape index (κ2) is 6.81. The molecule has 4 rings (SSSR count). The van der Waals surface area contributed by atoms with Crippen molar-refractivity contribution in [1.82, 2.24) is 14.9 Å². The first-order chi connectivity index (χ1) is 11.8. The Kier molecular flexibility index (Phi) is 4.55. The summed E-state index contributed by atoms with van der Waals surface area (Å²) >= 11 is 0. The highest BCUT2D eigenvalue weighted by molar-refractivity contribution is 5.79. The highest BCUT2D eigenvalue weighted by Gasteiger charge is 2.51. The Balaban J connectivity index is 1.43. The maximum absolute atomic E-state index is 13.0. The maximum atomic E-state index is 13.0. The van der Waals surface area contributed by atoms with Crippen LogP contribution in [0.4, 0.5) is 0 Å². The zero-order chi connectivity index (χ0) is 16.4. The van der Waals surface area contributed by atoms with Crippen LogP contribution in [0.3, 0.4) is 0 Å². The van der Waals surface area contributed by atoms with Gasteiger partial charge >= 0.3 is 0 Å². The van der Waals surface area contributed by atoms with Crippen LogP contribution < -0.4 is 0 Å². The number of aromatic nitrogens is 1. The number of rotatable bonds is 3. The Hall–Kier alpha value is -1.46. The summed E-state index contributed by atoms with van der Waals surface area (Å²) in [6.45, 7) is 4.52. The lowest BCUT2D eigenvalue weighted by Gasteiger charge is -2.35. The third-order valence-electron chi connectivity index (χ3n) is 6.05. The predicted octanol–water partition coefficient (Wildman–Crippen LogP) is 2.63. The van der Waals surface area contributed by atoms with Crippen molar-refractivity contribution in [3.05, 3.63) is 30.1 Å². The second-order valence-electron chi connectivity index (χ2n) is 7.61. The van der Waals surface area contributed by atoms with Crippen LogP contribution in [-0.2, 0) is 16.2 Å². The monoisotopic (exact) mass is 329 g/mol. The Bertz CT molecular complexity index is 573. The van der Waals surface area contributed by atoms with Crippen LogP contribution in [0.5, 0.6) is 0 Å². The molecule has 0 bridgehead atoms. The van der Waals surface area contributed by atoms with Crippen molar-refractivity contribution < 1.29 is 9.63 Å². The largest absolute Gasteiger partial charge is 0.298 e. The van der Waals surface area contributed by atoms with Crippen molar-refractivity contribution in [2.45, 2.75) is 45.1 Å². The van der Waals surface area contributed by atoms with Gasteiger partial charge < -0.3 is 0 Å². The fourth-order valence-corrected chi connectivity index (χ4v) is 4.83. The SMILES string of the molecule is O=C([C@H]1CCC[C@]12CCN(Cc1cccnc1)C2)N1CCCCO1. The highest BCUT2D eigenvalue weighted by atomic mass is 16.7. The molecule has 1 amide bonds. The average Bonchev–Trinajstić information content (AvgIpc) is 3.23. The van der Waals surface area contributed by atoms with Crippen molar-refractivity contribution in [3.8, 4) is 0 Å². The normalized spacial score (nSPS) is 31.0. The summed E-state index contributed by atoms with van der Waals surface area (Å²) < 4.78 is 0. The molecular weight excluding hydrogens is 302 g/mol. The summed E-state index contributed by atoms with van der Waals surface area (Å²) in [4.78, 5) is 25.4. The number of carbonyl (C=O) groups is 1. The van der Waals surface area contributed by atoms with Gasteiger partial charge in [-0.1, -0.05) is 12.5 Å². The van der Waals surface area contributed by atoms with Gasteiger partial charge in [0.25, 0.3) is 0 Å². The van der Waals surface area contributed by atoms with Gasteiger partial charge in [0.2, 0.25) is 5.91 Å². The molecule has 1 aromatic rings. The molecule has 1 spiro atoms. The molecule has 0 radical (unpaired) electrons. The van der Waals surface area contributed by atoms with Gasteiger partial charge in [-0.2, -0.15) is 0 Å². The average molecular weight is 329 g/mol. The number of likely N-dealkylation sites (tertiary alicyclic amines) is 1. The quantitative estimate of drug-likeness (QED) is 0.855. The molecule has 1 aliphatic carbocycles. The Labute approximate surface area is 143 Å². The van der Waals surface area contributed by atoms with Gasteiger partial charge in [-0.25, -0.2) is 5.06 Å². The standard InChI is InChI=1S/C19H27N3O2/c23-18(22-10-1-2-12-24-22)17-6-3-7-19(17)8-11-21(15-19)14-16-5-4-9-20-13-16/h4-5,9,13,17H,1-3,6-8,10-12,14-15H2/t17-,19-/m1/s1. The molecule has 5 heteroatoms. The van der Waals surface area contributed by atoms with E-state index in [9.17, 15) is 4.79 Å². The van der Waals surface area contributed by atoms with E-state index in [2.05, 4.69) is 16.0 Å². The van der Waals surface area contributed by atoms with Crippen LogP contribution in [0.1, 0.15) is 44.1 Å². The molecular formula is C19H27N3O2. The van der Waals surface area contributed by atoms with E-state index in [1.54, 1.807) is 5.06 Å². The summed E-state index contributed by atoms with van der Waals surface area (Å²) in [6.07, 6.45) is 10.4. The minimum absolute atomic E-state index is 0.148. The first-order valence-corrected chi connectivity index (χ1v) is 9.32. The fourth-order valence-electron chi connectivity index (χ4n) is 4.83. The van der Waals surface area contributed by atoms with E-state index in [4.69, 9.17) is 4.84 Å². The Morgan fingerprint density at radius 3 is 3.04 bits per heavy atom. The molecule has 3 aliphatic rings. The minimum atomic E-state index is 0.148. The first-order valence-electron chi connectivity index (χ1n) is 9.32. The molecule has 2 aliphatic heterocycles. The lowest BCUT2D eigenvalue weighted by molar-refractivity contribution is -0.204. The zero-order valence-corrected chi connectivity index (χ0v) is 14.3. The number of hydroxylamine groups is 2. The Morgan fingerprint density at radius 1 is 1.29 bits per heavy atom. The second-order valence-corrected chi connectivity index (χ2v) is 7.61. The van der Waals surface area contributed by atoms with Crippen LogP contribution >= 0.6 is 0 Å². The third kappa shape index (κ3) is 3.07. The molecule has 2 saturated heterocycles. The topological polar surface area (TPSA) is 45.7 Å². The lowest BCUT2D eigenvalue weighted by atomic mass is 9.76. The minimum Gasteiger partial charge on any atom is -0.298 e. The first kappa shape index (κ1) is 16.0. The molecule has 3 fully saturated rings. The van der Waals surface area contributed by atoms with Crippen LogP contribution in [0, 0.1) is 11.3 Å². The van der Waals surface area contributed by atoms with Gasteiger partial charge in [0.1, 0.15) is 0 Å². The van der Waals surface area contributed by atoms with Crippen molar-refractivity contribution in [1.29, 1.82) is 0 Å². The molecule has 1 saturated carbocycles. The number of hydrogen-bond acceptors (Lipinski definition) is 4. The van der Waals surface area contributed by atoms with Crippen molar-refractivity contribution in [2.24, 2.45) is 11.3 Å². The molecule has 1 aromatic heterocycles. The summed E-state index contributed by atoms with van der Waals surface area (Å²) in [5.41, 5.74) is 1.43. The van der Waals surface area contributed by atoms with E-state index in [0.29, 0.717) is 6.61 Å². The number of nitrogens with zero attached hydrogens (tertiary/aromatic N) is 3. The highest BCUT2D eigenvalue weighted by Crippen LogP contribution is 2.50. The molecule has 130 valence electrons. The van der Waals surface area contributed by atoms with Crippen LogP contribution in [0.15, 0.2) is 24.5 Å².